The van der Waals surface area contributed by atoms with Crippen LogP contribution in [0.2, 0.25) is 5.02 Å². The van der Waals surface area contributed by atoms with Crippen molar-refractivity contribution in [2.45, 2.75) is 0 Å². The van der Waals surface area contributed by atoms with E-state index >= 15 is 0 Å². The second kappa shape index (κ2) is 6.08. The number of imidazole rings is 1. The lowest BCUT2D eigenvalue weighted by molar-refractivity contribution is 0.318. The van der Waals surface area contributed by atoms with Gasteiger partial charge in [-0.05, 0) is 30.3 Å². The number of nitrogens with two attached hydrogens (primary N) is 1. The molecule has 0 radical (unpaired) electrons. The summed E-state index contributed by atoms with van der Waals surface area (Å²) in [7, 11) is 0. The topological polar surface area (TPSA) is 136 Å². The minimum absolute atomic E-state index is 0.00235. The van der Waals surface area contributed by atoms with Crippen LogP contribution in [0.1, 0.15) is 5.56 Å². The van der Waals surface area contributed by atoms with Crippen molar-refractivity contribution in [2.24, 2.45) is 10.9 Å². The van der Waals surface area contributed by atoms with Crippen LogP contribution in [-0.4, -0.2) is 36.3 Å². The maximum Gasteiger partial charge on any atom is 0.172 e. The number of aromatic hydroxyl groups is 1. The summed E-state index contributed by atoms with van der Waals surface area (Å²) < 4.78 is 0. The van der Waals surface area contributed by atoms with E-state index in [4.69, 9.17) is 22.5 Å². The van der Waals surface area contributed by atoms with Crippen LogP contribution >= 0.6 is 11.6 Å². The van der Waals surface area contributed by atoms with Gasteiger partial charge in [0.05, 0.1) is 11.0 Å². The molecule has 6 N–H and O–H groups in total. The second-order valence-electron chi connectivity index (χ2n) is 5.61. The summed E-state index contributed by atoms with van der Waals surface area (Å²) >= 11 is 5.89. The molecule has 0 aliphatic carbocycles. The van der Waals surface area contributed by atoms with Gasteiger partial charge in [-0.3, -0.25) is 5.10 Å². The van der Waals surface area contributed by atoms with Gasteiger partial charge in [0.25, 0.3) is 0 Å². The lowest BCUT2D eigenvalue weighted by Gasteiger charge is -1.98. The average molecular weight is 369 g/mol. The van der Waals surface area contributed by atoms with Crippen LogP contribution in [0.4, 0.5) is 0 Å². The van der Waals surface area contributed by atoms with Gasteiger partial charge in [0.1, 0.15) is 11.4 Å². The number of hydrogen-bond donors (Lipinski definition) is 5. The van der Waals surface area contributed by atoms with Crippen molar-refractivity contribution in [3.8, 4) is 28.5 Å². The van der Waals surface area contributed by atoms with E-state index in [-0.39, 0.29) is 11.6 Å². The molecular weight excluding hydrogens is 356 g/mol. The Labute approximate surface area is 151 Å². The molecule has 0 fully saturated rings. The Morgan fingerprint density at radius 3 is 2.65 bits per heavy atom. The molecule has 0 unspecified atom stereocenters. The first-order chi connectivity index (χ1) is 12.6. The number of halogens is 1. The molecule has 26 heavy (non-hydrogen) atoms. The van der Waals surface area contributed by atoms with Crippen molar-refractivity contribution < 1.29 is 10.3 Å². The number of rotatable bonds is 3. The number of nitrogens with zero attached hydrogens (tertiary/aromatic N) is 3. The fourth-order valence-electron chi connectivity index (χ4n) is 2.66. The molecule has 2 heterocycles. The molecular formula is C17H13ClN6O2. The Bertz CT molecular complexity index is 1130. The van der Waals surface area contributed by atoms with Gasteiger partial charge in [0.15, 0.2) is 17.4 Å². The number of aromatic nitrogens is 4. The number of amidine groups is 1. The molecule has 130 valence electrons. The van der Waals surface area contributed by atoms with Gasteiger partial charge in [-0.15, -0.1) is 0 Å². The highest BCUT2D eigenvalue weighted by atomic mass is 35.5. The number of fused-ring (bicyclic) bond motifs is 1. The van der Waals surface area contributed by atoms with Gasteiger partial charge < -0.3 is 21.0 Å². The molecule has 0 amide bonds. The quantitative estimate of drug-likeness (QED) is 0.164. The zero-order valence-corrected chi connectivity index (χ0v) is 14.0. The van der Waals surface area contributed by atoms with Crippen LogP contribution in [-0.2, 0) is 0 Å². The van der Waals surface area contributed by atoms with Crippen molar-refractivity contribution in [2.75, 3.05) is 0 Å². The van der Waals surface area contributed by atoms with E-state index in [1.807, 2.05) is 0 Å². The van der Waals surface area contributed by atoms with E-state index in [0.29, 0.717) is 38.8 Å². The van der Waals surface area contributed by atoms with Crippen LogP contribution in [0, 0.1) is 0 Å². The first kappa shape index (κ1) is 16.0. The van der Waals surface area contributed by atoms with E-state index in [9.17, 15) is 5.11 Å². The standard InChI is InChI=1S/C17H13ClN6O2/c18-10-4-1-8(2-5-10)13-15(25)14(23-22-13)17-20-11-6-3-9(16(19)24-26)7-12(11)21-17/h1-7,25-26H,(H2,19,24)(H,20,21)(H,22,23). The fourth-order valence-corrected chi connectivity index (χ4v) is 2.78. The molecule has 0 saturated heterocycles. The molecule has 2 aromatic carbocycles. The van der Waals surface area contributed by atoms with Gasteiger partial charge in [-0.1, -0.05) is 28.9 Å². The highest BCUT2D eigenvalue weighted by molar-refractivity contribution is 6.30. The SMILES string of the molecule is N/C(=N\O)c1ccc2nc(-c3[nH]nc(-c4ccc(Cl)cc4)c3O)[nH]c2c1. The molecule has 0 aliphatic rings. The van der Waals surface area contributed by atoms with Crippen LogP contribution in [0.25, 0.3) is 33.8 Å². The first-order valence-electron chi connectivity index (χ1n) is 7.58. The van der Waals surface area contributed by atoms with Gasteiger partial charge in [-0.25, -0.2) is 4.98 Å². The molecule has 0 saturated carbocycles. The lowest BCUT2D eigenvalue weighted by Crippen LogP contribution is -2.12. The number of hydrogen-bond acceptors (Lipinski definition) is 5. The summed E-state index contributed by atoms with van der Waals surface area (Å²) in [4.78, 5) is 7.53. The smallest absolute Gasteiger partial charge is 0.172 e. The van der Waals surface area contributed by atoms with Crippen molar-refractivity contribution in [1.82, 2.24) is 20.2 Å². The predicted molar refractivity (Wildman–Crippen MR) is 98.3 cm³/mol. The maximum atomic E-state index is 10.6. The van der Waals surface area contributed by atoms with Crippen molar-refractivity contribution in [1.29, 1.82) is 0 Å². The monoisotopic (exact) mass is 368 g/mol. The van der Waals surface area contributed by atoms with Crippen molar-refractivity contribution in [3.05, 3.63) is 53.1 Å². The summed E-state index contributed by atoms with van der Waals surface area (Å²) in [5.41, 5.74) is 8.97. The lowest BCUT2D eigenvalue weighted by atomic mass is 10.1. The van der Waals surface area contributed by atoms with Gasteiger partial charge in [0, 0.05) is 16.1 Å². The largest absolute Gasteiger partial charge is 0.504 e. The second-order valence-corrected chi connectivity index (χ2v) is 6.04. The molecule has 4 aromatic rings. The normalized spacial score (nSPS) is 12.0. The Balaban J connectivity index is 1.77. The van der Waals surface area contributed by atoms with E-state index in [2.05, 4.69) is 25.3 Å². The van der Waals surface area contributed by atoms with E-state index in [0.717, 1.165) is 5.56 Å². The maximum absolute atomic E-state index is 10.6. The number of oxime groups is 1. The Kier molecular flexibility index (Phi) is 3.74. The first-order valence-corrected chi connectivity index (χ1v) is 7.96. The summed E-state index contributed by atoms with van der Waals surface area (Å²) in [6, 6.07) is 12.1. The van der Waals surface area contributed by atoms with Crippen LogP contribution in [0.3, 0.4) is 0 Å². The van der Waals surface area contributed by atoms with Crippen LogP contribution in [0.5, 0.6) is 5.75 Å². The third kappa shape index (κ3) is 2.62. The van der Waals surface area contributed by atoms with E-state index in [1.165, 1.54) is 0 Å². The summed E-state index contributed by atoms with van der Waals surface area (Å²) in [5, 5.41) is 29.9. The van der Waals surface area contributed by atoms with Gasteiger partial charge in [-0.2, -0.15) is 5.10 Å². The molecule has 0 spiro atoms. The number of aromatic amines is 2. The number of nitrogens with one attached hydrogen (secondary N) is 2. The Morgan fingerprint density at radius 1 is 1.15 bits per heavy atom. The zero-order valence-electron chi connectivity index (χ0n) is 13.2. The number of H-pyrrole nitrogens is 2. The molecule has 9 heteroatoms. The molecule has 0 aliphatic heterocycles. The van der Waals surface area contributed by atoms with E-state index < -0.39 is 0 Å². The van der Waals surface area contributed by atoms with E-state index in [1.54, 1.807) is 42.5 Å². The highest BCUT2D eigenvalue weighted by Gasteiger charge is 2.18. The third-order valence-electron chi connectivity index (χ3n) is 3.98. The van der Waals surface area contributed by atoms with Crippen LogP contribution < -0.4 is 5.73 Å². The van der Waals surface area contributed by atoms with Gasteiger partial charge in [0.2, 0.25) is 0 Å². The molecule has 8 nitrogen and oxygen atoms in total. The van der Waals surface area contributed by atoms with Crippen molar-refractivity contribution in [3.63, 3.8) is 0 Å². The summed E-state index contributed by atoms with van der Waals surface area (Å²) in [6.07, 6.45) is 0. The Hall–Kier alpha value is -3.52. The minimum Gasteiger partial charge on any atom is -0.504 e. The summed E-state index contributed by atoms with van der Waals surface area (Å²) in [6.45, 7) is 0. The number of benzene rings is 2. The highest BCUT2D eigenvalue weighted by Crippen LogP contribution is 2.35. The van der Waals surface area contributed by atoms with Crippen LogP contribution in [0.15, 0.2) is 47.6 Å². The zero-order chi connectivity index (χ0) is 18.3. The average Bonchev–Trinajstić information content (AvgIpc) is 3.24. The third-order valence-corrected chi connectivity index (χ3v) is 4.23. The molecule has 4 rings (SSSR count). The minimum atomic E-state index is -0.0250. The van der Waals surface area contributed by atoms with Crippen molar-refractivity contribution >= 4 is 28.5 Å². The Morgan fingerprint density at radius 2 is 1.92 bits per heavy atom. The molecule has 2 aromatic heterocycles. The van der Waals surface area contributed by atoms with Gasteiger partial charge >= 0.3 is 0 Å². The molecule has 0 atom stereocenters. The predicted octanol–water partition coefficient (Wildman–Crippen LogP) is 3.07. The fraction of sp³-hybridized carbons (Fsp3) is 0. The molecule has 0 bridgehead atoms. The summed E-state index contributed by atoms with van der Waals surface area (Å²) in [5.74, 6) is 0.391.